The summed E-state index contributed by atoms with van der Waals surface area (Å²) in [6.07, 6.45) is 2.24. The molecule has 1 aromatic rings. The smallest absolute Gasteiger partial charge is 0.273 e. The molecule has 0 aromatic carbocycles. The second kappa shape index (κ2) is 6.19. The van der Waals surface area contributed by atoms with Gasteiger partial charge in [0.1, 0.15) is 0 Å². The van der Waals surface area contributed by atoms with Gasteiger partial charge in [-0.05, 0) is 17.9 Å². The summed E-state index contributed by atoms with van der Waals surface area (Å²) in [4.78, 5) is 23.1. The number of hydrogen-bond donors (Lipinski definition) is 2. The third-order valence-corrected chi connectivity index (χ3v) is 2.69. The number of unbranched alkanes of at least 4 members (excludes halogenated alkanes) is 1. The van der Waals surface area contributed by atoms with Crippen LogP contribution in [-0.4, -0.2) is 11.8 Å². The highest BCUT2D eigenvalue weighted by Crippen LogP contribution is 2.06. The molecular formula is C10H14N2O2S. The number of carbonyl (C=O) groups is 2. The van der Waals surface area contributed by atoms with E-state index in [1.54, 1.807) is 12.1 Å². The van der Waals surface area contributed by atoms with Gasteiger partial charge in [0.15, 0.2) is 0 Å². The van der Waals surface area contributed by atoms with E-state index in [0.29, 0.717) is 11.3 Å². The van der Waals surface area contributed by atoms with E-state index in [1.165, 1.54) is 11.3 Å². The first-order valence-corrected chi connectivity index (χ1v) is 5.74. The number of nitrogens with one attached hydrogen (secondary N) is 2. The fraction of sp³-hybridized carbons (Fsp3) is 0.400. The van der Waals surface area contributed by atoms with E-state index < -0.39 is 0 Å². The third kappa shape index (κ3) is 4.12. The van der Waals surface area contributed by atoms with Crippen LogP contribution in [0.1, 0.15) is 35.9 Å². The Bertz CT molecular complexity index is 322. The van der Waals surface area contributed by atoms with Crippen LogP contribution >= 0.6 is 11.3 Å². The summed E-state index contributed by atoms with van der Waals surface area (Å²) in [5, 5.41) is 1.81. The van der Waals surface area contributed by atoms with Crippen LogP contribution < -0.4 is 10.9 Å². The molecule has 0 fully saturated rings. The second-order valence-corrected chi connectivity index (χ2v) is 4.03. The molecule has 82 valence electrons. The number of hydrogen-bond acceptors (Lipinski definition) is 3. The average molecular weight is 226 g/mol. The van der Waals surface area contributed by atoms with Crippen LogP contribution in [0.25, 0.3) is 0 Å². The molecule has 0 saturated heterocycles. The zero-order chi connectivity index (χ0) is 11.1. The average Bonchev–Trinajstić information content (AvgIpc) is 2.76. The lowest BCUT2D eigenvalue weighted by Gasteiger charge is -2.05. The van der Waals surface area contributed by atoms with E-state index in [2.05, 4.69) is 10.9 Å². The highest BCUT2D eigenvalue weighted by molar-refractivity contribution is 7.12. The van der Waals surface area contributed by atoms with E-state index in [9.17, 15) is 9.59 Å². The van der Waals surface area contributed by atoms with Crippen molar-refractivity contribution in [3.8, 4) is 0 Å². The predicted molar refractivity (Wildman–Crippen MR) is 59.5 cm³/mol. The Hall–Kier alpha value is -1.36. The molecule has 0 aliphatic heterocycles. The van der Waals surface area contributed by atoms with E-state index in [0.717, 1.165) is 12.8 Å². The topological polar surface area (TPSA) is 58.2 Å². The van der Waals surface area contributed by atoms with Crippen LogP contribution in [0.4, 0.5) is 0 Å². The summed E-state index contributed by atoms with van der Waals surface area (Å²) < 4.78 is 0. The summed E-state index contributed by atoms with van der Waals surface area (Å²) in [6.45, 7) is 2.01. The standard InChI is InChI=1S/C10H14N2O2S/c1-2-3-6-9(13)11-12-10(14)8-5-4-7-15-8/h4-5,7H,2-3,6H2,1H3,(H,11,13)(H,12,14). The van der Waals surface area contributed by atoms with Gasteiger partial charge in [-0.25, -0.2) is 0 Å². The van der Waals surface area contributed by atoms with Gasteiger partial charge in [0.25, 0.3) is 5.91 Å². The van der Waals surface area contributed by atoms with Crippen LogP contribution in [0, 0.1) is 0 Å². The SMILES string of the molecule is CCCCC(=O)NNC(=O)c1cccs1. The normalized spacial score (nSPS) is 9.67. The van der Waals surface area contributed by atoms with Gasteiger partial charge in [0.05, 0.1) is 4.88 Å². The maximum absolute atomic E-state index is 11.4. The van der Waals surface area contributed by atoms with E-state index in [1.807, 2.05) is 12.3 Å². The Morgan fingerprint density at radius 3 is 2.80 bits per heavy atom. The molecular weight excluding hydrogens is 212 g/mol. The van der Waals surface area contributed by atoms with Crippen molar-refractivity contribution in [1.29, 1.82) is 0 Å². The summed E-state index contributed by atoms with van der Waals surface area (Å²) in [5.74, 6) is -0.420. The first kappa shape index (κ1) is 11.7. The lowest BCUT2D eigenvalue weighted by Crippen LogP contribution is -2.41. The Labute approximate surface area is 92.7 Å². The third-order valence-electron chi connectivity index (χ3n) is 1.82. The van der Waals surface area contributed by atoms with Gasteiger partial charge in [0, 0.05) is 6.42 Å². The van der Waals surface area contributed by atoms with Crippen molar-refractivity contribution in [3.63, 3.8) is 0 Å². The van der Waals surface area contributed by atoms with Crippen LogP contribution in [-0.2, 0) is 4.79 Å². The lowest BCUT2D eigenvalue weighted by atomic mass is 10.2. The molecule has 2 amide bonds. The van der Waals surface area contributed by atoms with Crippen molar-refractivity contribution in [2.75, 3.05) is 0 Å². The van der Waals surface area contributed by atoms with Crippen molar-refractivity contribution >= 4 is 23.2 Å². The molecule has 5 heteroatoms. The van der Waals surface area contributed by atoms with Crippen molar-refractivity contribution in [2.45, 2.75) is 26.2 Å². The number of carbonyl (C=O) groups excluding carboxylic acids is 2. The summed E-state index contributed by atoms with van der Waals surface area (Å²) >= 11 is 1.34. The zero-order valence-electron chi connectivity index (χ0n) is 8.58. The van der Waals surface area contributed by atoms with Gasteiger partial charge in [-0.15, -0.1) is 11.3 Å². The second-order valence-electron chi connectivity index (χ2n) is 3.08. The van der Waals surface area contributed by atoms with E-state index in [-0.39, 0.29) is 11.8 Å². The molecule has 0 saturated carbocycles. The maximum Gasteiger partial charge on any atom is 0.279 e. The van der Waals surface area contributed by atoms with E-state index in [4.69, 9.17) is 0 Å². The van der Waals surface area contributed by atoms with Crippen molar-refractivity contribution in [1.82, 2.24) is 10.9 Å². The minimum absolute atomic E-state index is 0.151. The molecule has 2 N–H and O–H groups in total. The summed E-state index contributed by atoms with van der Waals surface area (Å²) in [6, 6.07) is 3.50. The van der Waals surface area contributed by atoms with Crippen molar-refractivity contribution in [2.24, 2.45) is 0 Å². The Morgan fingerprint density at radius 1 is 1.40 bits per heavy atom. The van der Waals surface area contributed by atoms with Gasteiger partial charge in [-0.3, -0.25) is 20.4 Å². The minimum atomic E-state index is -0.269. The molecule has 0 aliphatic carbocycles. The summed E-state index contributed by atoms with van der Waals surface area (Å²) in [7, 11) is 0. The number of thiophene rings is 1. The quantitative estimate of drug-likeness (QED) is 0.768. The molecule has 0 bridgehead atoms. The Balaban J connectivity index is 2.25. The number of amides is 2. The predicted octanol–water partition coefficient (Wildman–Crippen LogP) is 1.70. The first-order chi connectivity index (χ1) is 7.24. The van der Waals surface area contributed by atoms with Gasteiger partial charge < -0.3 is 0 Å². The monoisotopic (exact) mass is 226 g/mol. The largest absolute Gasteiger partial charge is 0.279 e. The molecule has 0 unspecified atom stereocenters. The van der Waals surface area contributed by atoms with Crippen molar-refractivity contribution < 1.29 is 9.59 Å². The molecule has 1 heterocycles. The van der Waals surface area contributed by atoms with Crippen LogP contribution in [0.3, 0.4) is 0 Å². The van der Waals surface area contributed by atoms with E-state index >= 15 is 0 Å². The molecule has 1 rings (SSSR count). The van der Waals surface area contributed by atoms with Gasteiger partial charge in [-0.1, -0.05) is 19.4 Å². The molecule has 0 aliphatic rings. The molecule has 15 heavy (non-hydrogen) atoms. The molecule has 0 radical (unpaired) electrons. The van der Waals surface area contributed by atoms with Gasteiger partial charge in [0.2, 0.25) is 5.91 Å². The minimum Gasteiger partial charge on any atom is -0.273 e. The van der Waals surface area contributed by atoms with Gasteiger partial charge in [-0.2, -0.15) is 0 Å². The number of rotatable bonds is 4. The van der Waals surface area contributed by atoms with Crippen LogP contribution in [0.15, 0.2) is 17.5 Å². The van der Waals surface area contributed by atoms with Crippen LogP contribution in [0.2, 0.25) is 0 Å². The molecule has 0 atom stereocenters. The fourth-order valence-corrected chi connectivity index (χ4v) is 1.61. The zero-order valence-corrected chi connectivity index (χ0v) is 9.39. The molecule has 1 aromatic heterocycles. The summed E-state index contributed by atoms with van der Waals surface area (Å²) in [5.41, 5.74) is 4.74. The van der Waals surface area contributed by atoms with Gasteiger partial charge >= 0.3 is 0 Å². The number of hydrazine groups is 1. The van der Waals surface area contributed by atoms with Crippen LogP contribution in [0.5, 0.6) is 0 Å². The van der Waals surface area contributed by atoms with Crippen molar-refractivity contribution in [3.05, 3.63) is 22.4 Å². The Kier molecular flexibility index (Phi) is 4.83. The molecule has 4 nitrogen and oxygen atoms in total. The highest BCUT2D eigenvalue weighted by Gasteiger charge is 2.06. The molecule has 0 spiro atoms. The maximum atomic E-state index is 11.4. The fourth-order valence-electron chi connectivity index (χ4n) is 0.996. The Morgan fingerprint density at radius 2 is 2.20 bits per heavy atom. The first-order valence-electron chi connectivity index (χ1n) is 4.86. The lowest BCUT2D eigenvalue weighted by molar-refractivity contribution is -0.121. The highest BCUT2D eigenvalue weighted by atomic mass is 32.1.